The van der Waals surface area contributed by atoms with Gasteiger partial charge in [-0.2, -0.15) is 0 Å². The van der Waals surface area contributed by atoms with Crippen LogP contribution in [0.15, 0.2) is 53.0 Å². The lowest BCUT2D eigenvalue weighted by Crippen LogP contribution is -2.12. The predicted octanol–water partition coefficient (Wildman–Crippen LogP) is 5.09. The molecule has 0 saturated carbocycles. The van der Waals surface area contributed by atoms with Crippen molar-refractivity contribution in [1.29, 1.82) is 0 Å². The van der Waals surface area contributed by atoms with E-state index in [4.69, 9.17) is 5.73 Å². The number of nitrogens with one attached hydrogen (secondary N) is 1. The van der Waals surface area contributed by atoms with Gasteiger partial charge >= 0.3 is 0 Å². The number of thioether (sulfide) groups is 1. The molecule has 7 nitrogen and oxygen atoms in total. The zero-order chi connectivity index (χ0) is 23.4. The summed E-state index contributed by atoms with van der Waals surface area (Å²) in [5, 5.41) is 15.1. The van der Waals surface area contributed by atoms with E-state index in [0.717, 1.165) is 45.6 Å². The van der Waals surface area contributed by atoms with Crippen LogP contribution >= 0.6 is 23.1 Å². The molecule has 0 unspecified atom stereocenters. The topological polar surface area (TPSA) is 98.7 Å². The van der Waals surface area contributed by atoms with E-state index in [-0.39, 0.29) is 5.91 Å². The van der Waals surface area contributed by atoms with Crippen LogP contribution in [0.25, 0.3) is 0 Å². The number of amides is 1. The molecular formula is C24H26N6OS2. The highest BCUT2D eigenvalue weighted by molar-refractivity contribution is 7.98. The fourth-order valence-corrected chi connectivity index (χ4v) is 5.17. The largest absolute Gasteiger partial charge is 0.375 e. The number of aromatic nitrogens is 4. The van der Waals surface area contributed by atoms with E-state index in [2.05, 4.69) is 38.1 Å². The monoisotopic (exact) mass is 478 g/mol. The van der Waals surface area contributed by atoms with Gasteiger partial charge in [-0.3, -0.25) is 4.79 Å². The average molecular weight is 479 g/mol. The summed E-state index contributed by atoms with van der Waals surface area (Å²) in [6, 6.07) is 13.7. The standard InChI is InChI=1S/C24H26N6OS2/c1-4-30-21(12-20-14-32-23(25)27-20)28-29-24(30)33-13-17-6-5-7-18(11-17)22(31)26-19-9-15(2)8-16(3)10-19/h5-11,14H,4,12-13H2,1-3H3,(H2,25,27)(H,26,31). The lowest BCUT2D eigenvalue weighted by Gasteiger charge is -2.09. The van der Waals surface area contributed by atoms with Crippen LogP contribution < -0.4 is 11.1 Å². The van der Waals surface area contributed by atoms with Gasteiger partial charge in [-0.25, -0.2) is 4.98 Å². The van der Waals surface area contributed by atoms with Crippen molar-refractivity contribution < 1.29 is 4.79 Å². The minimum absolute atomic E-state index is 0.117. The number of benzene rings is 2. The number of hydrogen-bond acceptors (Lipinski definition) is 7. The number of hydrogen-bond donors (Lipinski definition) is 2. The van der Waals surface area contributed by atoms with Gasteiger partial charge in [-0.15, -0.1) is 21.5 Å². The van der Waals surface area contributed by atoms with Crippen LogP contribution in [-0.2, 0) is 18.7 Å². The molecule has 0 saturated heterocycles. The second-order valence-electron chi connectivity index (χ2n) is 7.82. The van der Waals surface area contributed by atoms with Gasteiger partial charge < -0.3 is 15.6 Å². The summed E-state index contributed by atoms with van der Waals surface area (Å²) in [5.41, 5.74) is 11.4. The van der Waals surface area contributed by atoms with E-state index in [0.29, 0.717) is 22.9 Å². The Morgan fingerprint density at radius 3 is 2.64 bits per heavy atom. The van der Waals surface area contributed by atoms with Crippen molar-refractivity contribution in [2.45, 2.75) is 44.6 Å². The summed E-state index contributed by atoms with van der Waals surface area (Å²) in [6.45, 7) is 6.88. The van der Waals surface area contributed by atoms with Crippen molar-refractivity contribution in [2.75, 3.05) is 11.1 Å². The molecule has 0 fully saturated rings. The summed E-state index contributed by atoms with van der Waals surface area (Å²) < 4.78 is 2.09. The zero-order valence-corrected chi connectivity index (χ0v) is 20.5. The van der Waals surface area contributed by atoms with Crippen LogP contribution in [0.4, 0.5) is 10.8 Å². The molecule has 2 heterocycles. The van der Waals surface area contributed by atoms with Crippen molar-refractivity contribution in [3.8, 4) is 0 Å². The number of nitrogens with two attached hydrogens (primary N) is 1. The summed E-state index contributed by atoms with van der Waals surface area (Å²) in [6.07, 6.45) is 0.600. The van der Waals surface area contributed by atoms with Crippen molar-refractivity contribution in [1.82, 2.24) is 19.7 Å². The van der Waals surface area contributed by atoms with Gasteiger partial charge in [0.05, 0.1) is 12.1 Å². The van der Waals surface area contributed by atoms with Crippen LogP contribution in [0.5, 0.6) is 0 Å². The van der Waals surface area contributed by atoms with Gasteiger partial charge in [0.15, 0.2) is 10.3 Å². The van der Waals surface area contributed by atoms with Crippen molar-refractivity contribution in [3.05, 3.63) is 81.6 Å². The van der Waals surface area contributed by atoms with Crippen LogP contribution in [0.3, 0.4) is 0 Å². The number of nitrogens with zero attached hydrogens (tertiary/aromatic N) is 4. The number of rotatable bonds is 8. The quantitative estimate of drug-likeness (QED) is 0.342. The molecule has 3 N–H and O–H groups in total. The molecule has 0 spiro atoms. The van der Waals surface area contributed by atoms with Crippen LogP contribution in [0.2, 0.25) is 0 Å². The second-order valence-corrected chi connectivity index (χ2v) is 9.65. The van der Waals surface area contributed by atoms with Crippen molar-refractivity contribution >= 4 is 39.8 Å². The molecule has 170 valence electrons. The summed E-state index contributed by atoms with van der Waals surface area (Å²) in [5.74, 6) is 1.44. The number of thiazole rings is 1. The summed E-state index contributed by atoms with van der Waals surface area (Å²) in [7, 11) is 0. The van der Waals surface area contributed by atoms with Gasteiger partial charge in [0, 0.05) is 28.9 Å². The molecular weight excluding hydrogens is 452 g/mol. The molecule has 2 aromatic carbocycles. The highest BCUT2D eigenvalue weighted by atomic mass is 32.2. The first-order valence-electron chi connectivity index (χ1n) is 10.6. The lowest BCUT2D eigenvalue weighted by molar-refractivity contribution is 0.102. The first-order chi connectivity index (χ1) is 15.9. The third-order valence-electron chi connectivity index (χ3n) is 5.06. The van der Waals surface area contributed by atoms with Crippen LogP contribution in [-0.4, -0.2) is 25.7 Å². The van der Waals surface area contributed by atoms with Gasteiger partial charge in [0.2, 0.25) is 0 Å². The van der Waals surface area contributed by atoms with E-state index < -0.39 is 0 Å². The van der Waals surface area contributed by atoms with E-state index in [1.165, 1.54) is 11.3 Å². The smallest absolute Gasteiger partial charge is 0.255 e. The SMILES string of the molecule is CCn1c(Cc2csc(N)n2)nnc1SCc1cccc(C(=O)Nc2cc(C)cc(C)c2)c1. The highest BCUT2D eigenvalue weighted by Crippen LogP contribution is 2.24. The normalized spacial score (nSPS) is 11.0. The Morgan fingerprint density at radius 1 is 1.15 bits per heavy atom. The molecule has 0 aliphatic rings. The van der Waals surface area contributed by atoms with E-state index in [1.54, 1.807) is 11.8 Å². The molecule has 4 rings (SSSR count). The Labute approximate surface area is 201 Å². The van der Waals surface area contributed by atoms with Crippen molar-refractivity contribution in [2.24, 2.45) is 0 Å². The van der Waals surface area contributed by atoms with Crippen molar-refractivity contribution in [3.63, 3.8) is 0 Å². The second kappa shape index (κ2) is 10.2. The Hall–Kier alpha value is -3.17. The number of aryl methyl sites for hydroxylation is 2. The summed E-state index contributed by atoms with van der Waals surface area (Å²) >= 11 is 3.03. The number of carbonyl (C=O) groups is 1. The van der Waals surface area contributed by atoms with Crippen LogP contribution in [0.1, 0.15) is 45.5 Å². The van der Waals surface area contributed by atoms with Crippen LogP contribution in [0, 0.1) is 13.8 Å². The molecule has 0 radical (unpaired) electrons. The molecule has 2 aromatic heterocycles. The average Bonchev–Trinajstić information content (AvgIpc) is 3.37. The predicted molar refractivity (Wildman–Crippen MR) is 135 cm³/mol. The maximum absolute atomic E-state index is 12.8. The molecule has 0 aliphatic heterocycles. The number of anilines is 2. The Bertz CT molecular complexity index is 1260. The molecule has 1 amide bonds. The maximum Gasteiger partial charge on any atom is 0.255 e. The lowest BCUT2D eigenvalue weighted by atomic mass is 10.1. The van der Waals surface area contributed by atoms with E-state index in [1.807, 2.05) is 55.6 Å². The molecule has 0 bridgehead atoms. The number of carbonyl (C=O) groups excluding carboxylic acids is 1. The van der Waals surface area contributed by atoms with Gasteiger partial charge in [0.25, 0.3) is 5.91 Å². The van der Waals surface area contributed by atoms with E-state index >= 15 is 0 Å². The Balaban J connectivity index is 1.43. The third-order valence-corrected chi connectivity index (χ3v) is 6.82. The molecule has 9 heteroatoms. The van der Waals surface area contributed by atoms with Gasteiger partial charge in [0.1, 0.15) is 5.82 Å². The molecule has 0 atom stereocenters. The fraction of sp³-hybridized carbons (Fsp3) is 0.250. The Kier molecular flexibility index (Phi) is 7.10. The molecule has 33 heavy (non-hydrogen) atoms. The fourth-order valence-electron chi connectivity index (χ4n) is 3.64. The first-order valence-corrected chi connectivity index (χ1v) is 12.5. The third kappa shape index (κ3) is 5.80. The first kappa shape index (κ1) is 23.0. The zero-order valence-electron chi connectivity index (χ0n) is 18.8. The number of nitrogen functional groups attached to an aromatic ring is 1. The Morgan fingerprint density at radius 2 is 1.94 bits per heavy atom. The minimum atomic E-state index is -0.117. The molecule has 4 aromatic rings. The molecule has 0 aliphatic carbocycles. The summed E-state index contributed by atoms with van der Waals surface area (Å²) in [4.78, 5) is 17.1. The van der Waals surface area contributed by atoms with E-state index in [9.17, 15) is 4.79 Å². The minimum Gasteiger partial charge on any atom is -0.375 e. The highest BCUT2D eigenvalue weighted by Gasteiger charge is 2.14. The van der Waals surface area contributed by atoms with Gasteiger partial charge in [-0.05, 0) is 61.7 Å². The van der Waals surface area contributed by atoms with Gasteiger partial charge in [-0.1, -0.05) is 30.0 Å². The maximum atomic E-state index is 12.8.